The molecule has 1 aliphatic heterocycles. The molecular formula is C20H24N6O. The van der Waals surface area contributed by atoms with Crippen LogP contribution in [0.5, 0.6) is 0 Å². The Kier molecular flexibility index (Phi) is 4.61. The summed E-state index contributed by atoms with van der Waals surface area (Å²) in [5.41, 5.74) is 4.10. The number of carbonyl (C=O) groups is 1. The first-order valence-corrected chi connectivity index (χ1v) is 9.24. The zero-order valence-electron chi connectivity index (χ0n) is 16.0. The molecule has 0 bridgehead atoms. The summed E-state index contributed by atoms with van der Waals surface area (Å²) in [6.45, 7) is 7.85. The van der Waals surface area contributed by atoms with Crippen LogP contribution in [0.2, 0.25) is 0 Å². The van der Waals surface area contributed by atoms with Gasteiger partial charge >= 0.3 is 0 Å². The Morgan fingerprint density at radius 3 is 2.41 bits per heavy atom. The molecule has 0 unspecified atom stereocenters. The van der Waals surface area contributed by atoms with E-state index in [1.807, 2.05) is 61.0 Å². The molecule has 140 valence electrons. The van der Waals surface area contributed by atoms with Gasteiger partial charge in [-0.2, -0.15) is 0 Å². The number of carbonyl (C=O) groups excluding carboxylic acids is 1. The molecular weight excluding hydrogens is 340 g/mol. The third-order valence-electron chi connectivity index (χ3n) is 5.27. The lowest BCUT2D eigenvalue weighted by molar-refractivity contribution is 0.0624. The first kappa shape index (κ1) is 17.6. The lowest BCUT2D eigenvalue weighted by atomic mass is 10.1. The number of hydrogen-bond acceptors (Lipinski definition) is 5. The van der Waals surface area contributed by atoms with Crippen molar-refractivity contribution in [2.24, 2.45) is 7.05 Å². The minimum atomic E-state index is 0.0635. The summed E-state index contributed by atoms with van der Waals surface area (Å²) in [7, 11) is 2.01. The first-order chi connectivity index (χ1) is 13.0. The van der Waals surface area contributed by atoms with Crippen LogP contribution < -0.4 is 0 Å². The van der Waals surface area contributed by atoms with Crippen molar-refractivity contribution in [3.63, 3.8) is 0 Å². The number of piperazine rings is 1. The van der Waals surface area contributed by atoms with Crippen LogP contribution in [0.15, 0.2) is 30.6 Å². The van der Waals surface area contributed by atoms with Crippen molar-refractivity contribution in [1.29, 1.82) is 0 Å². The van der Waals surface area contributed by atoms with E-state index in [9.17, 15) is 4.79 Å². The van der Waals surface area contributed by atoms with Crippen LogP contribution in [-0.2, 0) is 13.6 Å². The van der Waals surface area contributed by atoms with Crippen molar-refractivity contribution >= 4 is 16.9 Å². The summed E-state index contributed by atoms with van der Waals surface area (Å²) in [4.78, 5) is 30.7. The number of rotatable bonds is 3. The van der Waals surface area contributed by atoms with Crippen LogP contribution in [0.4, 0.5) is 0 Å². The minimum absolute atomic E-state index is 0.0635. The third kappa shape index (κ3) is 3.55. The van der Waals surface area contributed by atoms with E-state index in [2.05, 4.69) is 19.9 Å². The van der Waals surface area contributed by atoms with Crippen LogP contribution in [0.1, 0.15) is 27.6 Å². The molecule has 1 fully saturated rings. The molecule has 3 aromatic rings. The van der Waals surface area contributed by atoms with Gasteiger partial charge in [-0.05, 0) is 32.0 Å². The zero-order chi connectivity index (χ0) is 19.0. The number of benzene rings is 1. The highest BCUT2D eigenvalue weighted by atomic mass is 16.2. The molecule has 0 atom stereocenters. The summed E-state index contributed by atoms with van der Waals surface area (Å²) >= 11 is 0. The van der Waals surface area contributed by atoms with Gasteiger partial charge in [-0.3, -0.25) is 9.69 Å². The maximum Gasteiger partial charge on any atom is 0.254 e. The molecule has 0 radical (unpaired) electrons. The van der Waals surface area contributed by atoms with Crippen molar-refractivity contribution in [2.75, 3.05) is 26.2 Å². The molecule has 4 rings (SSSR count). The Balaban J connectivity index is 1.44. The van der Waals surface area contributed by atoms with E-state index in [-0.39, 0.29) is 5.91 Å². The van der Waals surface area contributed by atoms with E-state index < -0.39 is 0 Å². The average molecular weight is 364 g/mol. The van der Waals surface area contributed by atoms with Crippen LogP contribution in [0, 0.1) is 13.8 Å². The van der Waals surface area contributed by atoms with Gasteiger partial charge in [0.15, 0.2) is 0 Å². The summed E-state index contributed by atoms with van der Waals surface area (Å²) in [5.74, 6) is 1.11. The summed E-state index contributed by atoms with van der Waals surface area (Å²) < 4.78 is 2.04. The molecule has 27 heavy (non-hydrogen) atoms. The van der Waals surface area contributed by atoms with Crippen molar-refractivity contribution in [1.82, 2.24) is 29.3 Å². The molecule has 1 aromatic carbocycles. The maximum absolute atomic E-state index is 12.9. The number of aryl methyl sites for hydroxylation is 3. The molecule has 2 aromatic heterocycles. The fourth-order valence-corrected chi connectivity index (χ4v) is 3.40. The number of amides is 1. The van der Waals surface area contributed by atoms with E-state index in [4.69, 9.17) is 0 Å². The van der Waals surface area contributed by atoms with Gasteiger partial charge in [0.1, 0.15) is 5.82 Å². The highest BCUT2D eigenvalue weighted by Gasteiger charge is 2.23. The second kappa shape index (κ2) is 7.08. The Morgan fingerprint density at radius 2 is 1.74 bits per heavy atom. The molecule has 7 nitrogen and oxygen atoms in total. The average Bonchev–Trinajstić information content (AvgIpc) is 3.07. The number of fused-ring (bicyclic) bond motifs is 1. The van der Waals surface area contributed by atoms with Crippen LogP contribution in [0.25, 0.3) is 11.0 Å². The van der Waals surface area contributed by atoms with E-state index in [0.717, 1.165) is 61.0 Å². The van der Waals surface area contributed by atoms with E-state index >= 15 is 0 Å². The largest absolute Gasteiger partial charge is 0.337 e. The van der Waals surface area contributed by atoms with E-state index in [1.54, 1.807) is 0 Å². The normalized spacial score (nSPS) is 15.4. The molecule has 3 heterocycles. The van der Waals surface area contributed by atoms with E-state index in [0.29, 0.717) is 5.56 Å². The SMILES string of the molecule is Cc1nc2ccc(C(=O)N3CCN(Cc4nccn4C)CC3)cc2nc1C. The van der Waals surface area contributed by atoms with E-state index in [1.165, 1.54) is 0 Å². The van der Waals surface area contributed by atoms with Crippen molar-refractivity contribution in [3.8, 4) is 0 Å². The molecule has 0 N–H and O–H groups in total. The Morgan fingerprint density at radius 1 is 1.04 bits per heavy atom. The molecule has 1 aliphatic rings. The number of aromatic nitrogens is 4. The molecule has 1 saturated heterocycles. The molecule has 1 amide bonds. The van der Waals surface area contributed by atoms with Gasteiger partial charge in [0.25, 0.3) is 5.91 Å². The predicted octanol–water partition coefficient (Wildman–Crippen LogP) is 1.94. The fraction of sp³-hybridized carbons (Fsp3) is 0.400. The third-order valence-corrected chi connectivity index (χ3v) is 5.27. The van der Waals surface area contributed by atoms with Crippen LogP contribution in [-0.4, -0.2) is 61.4 Å². The highest BCUT2D eigenvalue weighted by Crippen LogP contribution is 2.17. The second-order valence-corrected chi connectivity index (χ2v) is 7.12. The van der Waals surface area contributed by atoms with Gasteiger partial charge in [-0.1, -0.05) is 0 Å². The molecule has 0 spiro atoms. The van der Waals surface area contributed by atoms with Gasteiger partial charge < -0.3 is 9.47 Å². The van der Waals surface area contributed by atoms with Crippen LogP contribution >= 0.6 is 0 Å². The Hall–Kier alpha value is -2.80. The minimum Gasteiger partial charge on any atom is -0.337 e. The maximum atomic E-state index is 12.9. The summed E-state index contributed by atoms with van der Waals surface area (Å²) in [6.07, 6.45) is 3.78. The van der Waals surface area contributed by atoms with Crippen molar-refractivity contribution in [3.05, 3.63) is 53.4 Å². The molecule has 0 aliphatic carbocycles. The summed E-state index contributed by atoms with van der Waals surface area (Å²) in [5, 5.41) is 0. The Labute approximate surface area is 158 Å². The first-order valence-electron chi connectivity index (χ1n) is 9.24. The molecule has 7 heteroatoms. The topological polar surface area (TPSA) is 67.2 Å². The van der Waals surface area contributed by atoms with Gasteiger partial charge in [-0.15, -0.1) is 0 Å². The lowest BCUT2D eigenvalue weighted by Gasteiger charge is -2.34. The van der Waals surface area contributed by atoms with Gasteiger partial charge in [0, 0.05) is 51.2 Å². The van der Waals surface area contributed by atoms with Crippen LogP contribution in [0.3, 0.4) is 0 Å². The smallest absolute Gasteiger partial charge is 0.254 e. The quantitative estimate of drug-likeness (QED) is 0.710. The Bertz CT molecular complexity index is 987. The van der Waals surface area contributed by atoms with Gasteiger partial charge in [-0.25, -0.2) is 15.0 Å². The van der Waals surface area contributed by atoms with Gasteiger partial charge in [0.05, 0.1) is 29.0 Å². The number of nitrogens with zero attached hydrogens (tertiary/aromatic N) is 6. The predicted molar refractivity (Wildman–Crippen MR) is 103 cm³/mol. The lowest BCUT2D eigenvalue weighted by Crippen LogP contribution is -2.48. The molecule has 0 saturated carbocycles. The summed E-state index contributed by atoms with van der Waals surface area (Å²) in [6, 6.07) is 5.60. The second-order valence-electron chi connectivity index (χ2n) is 7.12. The zero-order valence-corrected chi connectivity index (χ0v) is 16.0. The monoisotopic (exact) mass is 364 g/mol. The van der Waals surface area contributed by atoms with Crippen molar-refractivity contribution in [2.45, 2.75) is 20.4 Å². The highest BCUT2D eigenvalue weighted by molar-refractivity contribution is 5.97. The van der Waals surface area contributed by atoms with Gasteiger partial charge in [0.2, 0.25) is 0 Å². The number of hydrogen-bond donors (Lipinski definition) is 0. The fourth-order valence-electron chi connectivity index (χ4n) is 3.40. The standard InChI is InChI=1S/C20H24N6O/c1-14-15(2)23-18-12-16(4-5-17(18)22-14)20(27)26-10-8-25(9-11-26)13-19-21-6-7-24(19)3/h4-7,12H,8-11,13H2,1-3H3. The van der Waals surface area contributed by atoms with Crippen molar-refractivity contribution < 1.29 is 4.79 Å². The number of imidazole rings is 1.